The molecule has 0 bridgehead atoms. The van der Waals surface area contributed by atoms with Gasteiger partial charge >= 0.3 is 5.97 Å². The van der Waals surface area contributed by atoms with Crippen LogP contribution in [0, 0.1) is 5.41 Å². The van der Waals surface area contributed by atoms with Crippen molar-refractivity contribution in [2.45, 2.75) is 39.7 Å². The number of carbonyl (C=O) groups is 1. The molecule has 0 aromatic heterocycles. The Kier molecular flexibility index (Phi) is 5.46. The molecule has 0 aliphatic heterocycles. The zero-order valence-corrected chi connectivity index (χ0v) is 9.38. The van der Waals surface area contributed by atoms with Crippen LogP contribution in [0.3, 0.4) is 0 Å². The maximum Gasteiger partial charge on any atom is 0.323 e. The Morgan fingerprint density at radius 3 is 2.57 bits per heavy atom. The number of nitrogens with two attached hydrogens (primary N) is 1. The topological polar surface area (TPSA) is 52.3 Å². The van der Waals surface area contributed by atoms with Crippen LogP contribution in [0.5, 0.6) is 0 Å². The monoisotopic (exact) mass is 199 g/mol. The summed E-state index contributed by atoms with van der Waals surface area (Å²) in [4.78, 5) is 11.2. The summed E-state index contributed by atoms with van der Waals surface area (Å²) >= 11 is 0. The molecule has 0 aromatic rings. The molecule has 0 saturated heterocycles. The molecule has 0 amide bonds. The SMILES string of the molecule is C=CCC(N)C(=O)OCCC(C)(C)C. The Morgan fingerprint density at radius 2 is 2.14 bits per heavy atom. The molecule has 2 N–H and O–H groups in total. The van der Waals surface area contributed by atoms with E-state index >= 15 is 0 Å². The molecule has 3 heteroatoms. The van der Waals surface area contributed by atoms with Crippen LogP contribution in [0.2, 0.25) is 0 Å². The van der Waals surface area contributed by atoms with Gasteiger partial charge in [-0.3, -0.25) is 4.79 Å². The summed E-state index contributed by atoms with van der Waals surface area (Å²) in [5, 5.41) is 0. The van der Waals surface area contributed by atoms with Gasteiger partial charge in [-0.25, -0.2) is 0 Å². The Bertz CT molecular complexity index is 194. The predicted molar refractivity (Wildman–Crippen MR) is 57.8 cm³/mol. The summed E-state index contributed by atoms with van der Waals surface area (Å²) in [7, 11) is 0. The molecule has 0 aromatic carbocycles. The van der Waals surface area contributed by atoms with Gasteiger partial charge in [0.25, 0.3) is 0 Å². The van der Waals surface area contributed by atoms with Gasteiger partial charge in [0.05, 0.1) is 6.61 Å². The van der Waals surface area contributed by atoms with Gasteiger partial charge in [-0.05, 0) is 18.3 Å². The van der Waals surface area contributed by atoms with E-state index in [4.69, 9.17) is 10.5 Å². The van der Waals surface area contributed by atoms with E-state index in [2.05, 4.69) is 27.4 Å². The molecule has 0 heterocycles. The number of carbonyl (C=O) groups excluding carboxylic acids is 1. The van der Waals surface area contributed by atoms with E-state index in [0.29, 0.717) is 13.0 Å². The third-order valence-corrected chi connectivity index (χ3v) is 1.82. The van der Waals surface area contributed by atoms with Crippen molar-refractivity contribution in [3.8, 4) is 0 Å². The van der Waals surface area contributed by atoms with Gasteiger partial charge < -0.3 is 10.5 Å². The summed E-state index contributed by atoms with van der Waals surface area (Å²) in [5.74, 6) is -0.339. The highest BCUT2D eigenvalue weighted by molar-refractivity contribution is 5.75. The summed E-state index contributed by atoms with van der Waals surface area (Å²) < 4.78 is 5.02. The zero-order chi connectivity index (χ0) is 11.2. The Labute approximate surface area is 86.3 Å². The number of rotatable bonds is 5. The fourth-order valence-electron chi connectivity index (χ4n) is 0.841. The highest BCUT2D eigenvalue weighted by atomic mass is 16.5. The maximum absolute atomic E-state index is 11.2. The van der Waals surface area contributed by atoms with Crippen LogP contribution >= 0.6 is 0 Å². The van der Waals surface area contributed by atoms with Crippen LogP contribution < -0.4 is 5.73 Å². The number of ether oxygens (including phenoxy) is 1. The summed E-state index contributed by atoms with van der Waals surface area (Å²) in [5.41, 5.74) is 5.72. The molecule has 0 saturated carbocycles. The molecule has 0 radical (unpaired) electrons. The first-order chi connectivity index (χ1) is 6.37. The van der Waals surface area contributed by atoms with Crippen molar-refractivity contribution >= 4 is 5.97 Å². The van der Waals surface area contributed by atoms with E-state index in [9.17, 15) is 4.79 Å². The number of esters is 1. The lowest BCUT2D eigenvalue weighted by Gasteiger charge is -2.18. The summed E-state index contributed by atoms with van der Waals surface area (Å²) in [6.45, 7) is 10.3. The molecular formula is C11H21NO2. The van der Waals surface area contributed by atoms with Crippen molar-refractivity contribution in [2.75, 3.05) is 6.61 Å². The van der Waals surface area contributed by atoms with E-state index in [1.165, 1.54) is 0 Å². The summed E-state index contributed by atoms with van der Waals surface area (Å²) in [6.07, 6.45) is 2.93. The highest BCUT2D eigenvalue weighted by Crippen LogP contribution is 2.17. The van der Waals surface area contributed by atoms with E-state index in [0.717, 1.165) is 6.42 Å². The Morgan fingerprint density at radius 1 is 1.57 bits per heavy atom. The van der Waals surface area contributed by atoms with Gasteiger partial charge in [0.1, 0.15) is 6.04 Å². The molecule has 1 atom stereocenters. The number of hydrogen-bond donors (Lipinski definition) is 1. The lowest BCUT2D eigenvalue weighted by Crippen LogP contribution is -2.32. The molecule has 0 fully saturated rings. The van der Waals surface area contributed by atoms with Gasteiger partial charge in [0.2, 0.25) is 0 Å². The van der Waals surface area contributed by atoms with E-state index in [-0.39, 0.29) is 11.4 Å². The molecular weight excluding hydrogens is 178 g/mol. The van der Waals surface area contributed by atoms with Crippen LogP contribution in [-0.2, 0) is 9.53 Å². The minimum Gasteiger partial charge on any atom is -0.465 e. The van der Waals surface area contributed by atoms with Crippen molar-refractivity contribution in [2.24, 2.45) is 11.1 Å². The van der Waals surface area contributed by atoms with Crippen molar-refractivity contribution in [1.82, 2.24) is 0 Å². The molecule has 0 aliphatic rings. The van der Waals surface area contributed by atoms with Gasteiger partial charge in [0, 0.05) is 0 Å². The van der Waals surface area contributed by atoms with Crippen LogP contribution in [0.1, 0.15) is 33.6 Å². The summed E-state index contributed by atoms with van der Waals surface area (Å²) in [6, 6.07) is -0.563. The van der Waals surface area contributed by atoms with Crippen molar-refractivity contribution in [3.63, 3.8) is 0 Å². The van der Waals surface area contributed by atoms with Crippen LogP contribution in [0.15, 0.2) is 12.7 Å². The average molecular weight is 199 g/mol. The molecule has 82 valence electrons. The van der Waals surface area contributed by atoms with Gasteiger partial charge in [0.15, 0.2) is 0 Å². The molecule has 0 aliphatic carbocycles. The molecule has 3 nitrogen and oxygen atoms in total. The fourth-order valence-corrected chi connectivity index (χ4v) is 0.841. The van der Waals surface area contributed by atoms with Crippen LogP contribution in [0.25, 0.3) is 0 Å². The van der Waals surface area contributed by atoms with Crippen molar-refractivity contribution in [3.05, 3.63) is 12.7 Å². The maximum atomic E-state index is 11.2. The van der Waals surface area contributed by atoms with Gasteiger partial charge in [-0.15, -0.1) is 6.58 Å². The minimum absolute atomic E-state index is 0.183. The van der Waals surface area contributed by atoms with E-state index < -0.39 is 6.04 Å². The largest absolute Gasteiger partial charge is 0.465 e. The first-order valence-corrected chi connectivity index (χ1v) is 4.90. The van der Waals surface area contributed by atoms with E-state index in [1.54, 1.807) is 6.08 Å². The average Bonchev–Trinajstić information content (AvgIpc) is 2.02. The Balaban J connectivity index is 3.69. The fraction of sp³-hybridized carbons (Fsp3) is 0.727. The molecule has 1 unspecified atom stereocenters. The van der Waals surface area contributed by atoms with Gasteiger partial charge in [-0.2, -0.15) is 0 Å². The lowest BCUT2D eigenvalue weighted by atomic mass is 9.93. The van der Waals surface area contributed by atoms with Crippen molar-refractivity contribution < 1.29 is 9.53 Å². The quantitative estimate of drug-likeness (QED) is 0.543. The highest BCUT2D eigenvalue weighted by Gasteiger charge is 2.15. The predicted octanol–water partition coefficient (Wildman–Crippen LogP) is 1.87. The van der Waals surface area contributed by atoms with E-state index in [1.807, 2.05) is 0 Å². The van der Waals surface area contributed by atoms with Gasteiger partial charge in [-0.1, -0.05) is 26.8 Å². The van der Waals surface area contributed by atoms with Crippen molar-refractivity contribution in [1.29, 1.82) is 0 Å². The normalized spacial score (nSPS) is 13.4. The van der Waals surface area contributed by atoms with Crippen LogP contribution in [0.4, 0.5) is 0 Å². The molecule has 14 heavy (non-hydrogen) atoms. The second kappa shape index (κ2) is 5.81. The molecule has 0 spiro atoms. The lowest BCUT2D eigenvalue weighted by molar-refractivity contribution is -0.145. The first kappa shape index (κ1) is 13.2. The Hall–Kier alpha value is -0.830. The minimum atomic E-state index is -0.563. The van der Waals surface area contributed by atoms with Crippen LogP contribution in [-0.4, -0.2) is 18.6 Å². The first-order valence-electron chi connectivity index (χ1n) is 4.90. The second-order valence-electron chi connectivity index (χ2n) is 4.61. The smallest absolute Gasteiger partial charge is 0.323 e. The molecule has 0 rings (SSSR count). The number of hydrogen-bond acceptors (Lipinski definition) is 3. The second-order valence-corrected chi connectivity index (χ2v) is 4.61. The zero-order valence-electron chi connectivity index (χ0n) is 9.38. The standard InChI is InChI=1S/C11H21NO2/c1-5-6-9(12)10(13)14-8-7-11(2,3)4/h5,9H,1,6-8,12H2,2-4H3. The third-order valence-electron chi connectivity index (χ3n) is 1.82. The third kappa shape index (κ3) is 6.66.